The molecule has 2 heterocycles. The van der Waals surface area contributed by atoms with Gasteiger partial charge < -0.3 is 14.9 Å². The van der Waals surface area contributed by atoms with E-state index in [2.05, 4.69) is 6.07 Å². The van der Waals surface area contributed by atoms with Crippen LogP contribution in [-0.2, 0) is 9.59 Å². The van der Waals surface area contributed by atoms with E-state index in [4.69, 9.17) is 5.11 Å². The zero-order valence-corrected chi connectivity index (χ0v) is 13.0. The first-order valence-electron chi connectivity index (χ1n) is 7.82. The summed E-state index contributed by atoms with van der Waals surface area (Å²) in [5.74, 6) is 0.337. The van der Waals surface area contributed by atoms with Crippen LogP contribution in [0.3, 0.4) is 0 Å². The summed E-state index contributed by atoms with van der Waals surface area (Å²) in [5.41, 5.74) is 2.11. The lowest BCUT2D eigenvalue weighted by atomic mass is 9.83. The van der Waals surface area contributed by atoms with Gasteiger partial charge >= 0.3 is 0 Å². The molecule has 0 radical (unpaired) electrons. The molecule has 2 amide bonds. The highest BCUT2D eigenvalue weighted by Crippen LogP contribution is 2.43. The number of rotatable bonds is 2. The van der Waals surface area contributed by atoms with Crippen molar-refractivity contribution in [2.45, 2.75) is 19.8 Å². The molecule has 0 aliphatic carbocycles. The Balaban J connectivity index is 1.94. The lowest BCUT2D eigenvalue weighted by Gasteiger charge is -2.37. The minimum Gasteiger partial charge on any atom is -0.387 e. The molecule has 1 fully saturated rings. The second-order valence-corrected chi connectivity index (χ2v) is 6.49. The number of amides is 2. The monoisotopic (exact) mass is 302 g/mol. The van der Waals surface area contributed by atoms with Crippen LogP contribution >= 0.6 is 0 Å². The number of aliphatic hydroxyl groups is 1. The molecule has 1 aromatic carbocycles. The van der Waals surface area contributed by atoms with Crippen LogP contribution in [0.15, 0.2) is 24.3 Å². The summed E-state index contributed by atoms with van der Waals surface area (Å²) in [6.07, 6.45) is 0. The smallest absolute Gasteiger partial charge is 0.248 e. The molecule has 1 N–H and O–H groups in total. The molecule has 0 aromatic heterocycles. The number of benzene rings is 1. The SMILES string of the molecule is CC(C)C(=O)N1C[C@@H]2CN(C(=O)CO)C[C@H]2c2ccccc21. The van der Waals surface area contributed by atoms with E-state index in [1.165, 1.54) is 0 Å². The first-order valence-corrected chi connectivity index (χ1v) is 7.82. The van der Waals surface area contributed by atoms with Crippen molar-refractivity contribution in [3.8, 4) is 0 Å². The Morgan fingerprint density at radius 2 is 1.95 bits per heavy atom. The highest BCUT2D eigenvalue weighted by Gasteiger charge is 2.42. The van der Waals surface area contributed by atoms with Crippen molar-refractivity contribution in [2.24, 2.45) is 11.8 Å². The Hall–Kier alpha value is -1.88. The van der Waals surface area contributed by atoms with Gasteiger partial charge in [0.2, 0.25) is 11.8 Å². The third kappa shape index (κ3) is 2.39. The maximum absolute atomic E-state index is 12.5. The molecule has 2 aliphatic heterocycles. The molecule has 5 nitrogen and oxygen atoms in total. The van der Waals surface area contributed by atoms with Crippen molar-refractivity contribution < 1.29 is 14.7 Å². The molecule has 1 aromatic rings. The standard InChI is InChI=1S/C17H22N2O3/c1-11(2)17(22)19-8-12-7-18(16(21)10-20)9-14(12)13-5-3-4-6-15(13)19/h3-6,11-12,14,20H,7-10H2,1-2H3/t12-,14+/m0/s1. The van der Waals surface area contributed by atoms with Gasteiger partial charge in [0.25, 0.3) is 0 Å². The molecule has 118 valence electrons. The third-order valence-electron chi connectivity index (χ3n) is 4.73. The molecule has 2 atom stereocenters. The van der Waals surface area contributed by atoms with E-state index in [1.807, 2.05) is 36.9 Å². The largest absolute Gasteiger partial charge is 0.387 e. The summed E-state index contributed by atoms with van der Waals surface area (Å²) in [6.45, 7) is 5.26. The lowest BCUT2D eigenvalue weighted by molar-refractivity contribution is -0.133. The van der Waals surface area contributed by atoms with Gasteiger partial charge in [-0.2, -0.15) is 0 Å². The number of likely N-dealkylation sites (tertiary alicyclic amines) is 1. The molecular formula is C17H22N2O3. The van der Waals surface area contributed by atoms with E-state index in [9.17, 15) is 9.59 Å². The number of carbonyl (C=O) groups is 2. The number of hydrogen-bond donors (Lipinski definition) is 1. The molecule has 3 rings (SSSR count). The van der Waals surface area contributed by atoms with Crippen LogP contribution in [0.5, 0.6) is 0 Å². The molecule has 0 bridgehead atoms. The molecule has 0 saturated carbocycles. The van der Waals surface area contributed by atoms with E-state index in [-0.39, 0.29) is 29.6 Å². The topological polar surface area (TPSA) is 60.9 Å². The molecule has 2 aliphatic rings. The van der Waals surface area contributed by atoms with Crippen LogP contribution in [-0.4, -0.2) is 48.1 Å². The van der Waals surface area contributed by atoms with Crippen molar-refractivity contribution in [3.63, 3.8) is 0 Å². The van der Waals surface area contributed by atoms with Crippen LogP contribution in [0.25, 0.3) is 0 Å². The van der Waals surface area contributed by atoms with E-state index in [0.29, 0.717) is 19.6 Å². The van der Waals surface area contributed by atoms with Crippen molar-refractivity contribution in [3.05, 3.63) is 29.8 Å². The van der Waals surface area contributed by atoms with Crippen molar-refractivity contribution >= 4 is 17.5 Å². The van der Waals surface area contributed by atoms with Gasteiger partial charge in [-0.3, -0.25) is 9.59 Å². The van der Waals surface area contributed by atoms with Gasteiger partial charge in [0.05, 0.1) is 0 Å². The first kappa shape index (κ1) is 15.0. The number of para-hydroxylation sites is 1. The number of carbonyl (C=O) groups excluding carboxylic acids is 2. The maximum atomic E-state index is 12.5. The van der Waals surface area contributed by atoms with Crippen LogP contribution < -0.4 is 4.90 Å². The zero-order chi connectivity index (χ0) is 15.9. The summed E-state index contributed by atoms with van der Waals surface area (Å²) in [4.78, 5) is 27.9. The van der Waals surface area contributed by atoms with Crippen LogP contribution in [0.4, 0.5) is 5.69 Å². The molecule has 0 unspecified atom stereocenters. The quantitative estimate of drug-likeness (QED) is 0.893. The van der Waals surface area contributed by atoms with Crippen LogP contribution in [0.1, 0.15) is 25.3 Å². The molecule has 0 spiro atoms. The van der Waals surface area contributed by atoms with Crippen LogP contribution in [0.2, 0.25) is 0 Å². The number of aliphatic hydroxyl groups excluding tert-OH is 1. The fourth-order valence-electron chi connectivity index (χ4n) is 3.61. The van der Waals surface area contributed by atoms with Crippen LogP contribution in [0, 0.1) is 11.8 Å². The first-order chi connectivity index (χ1) is 10.5. The van der Waals surface area contributed by atoms with Gasteiger partial charge in [-0.1, -0.05) is 32.0 Å². The average Bonchev–Trinajstić information content (AvgIpc) is 2.96. The number of hydrogen-bond acceptors (Lipinski definition) is 3. The molecule has 22 heavy (non-hydrogen) atoms. The Kier molecular flexibility index (Phi) is 3.91. The Morgan fingerprint density at radius 3 is 2.64 bits per heavy atom. The Bertz CT molecular complexity index is 599. The second-order valence-electron chi connectivity index (χ2n) is 6.49. The second kappa shape index (κ2) is 5.72. The van der Waals surface area contributed by atoms with Crippen molar-refractivity contribution in [1.29, 1.82) is 0 Å². The van der Waals surface area contributed by atoms with Crippen molar-refractivity contribution in [1.82, 2.24) is 4.90 Å². The normalized spacial score (nSPS) is 23.5. The average molecular weight is 302 g/mol. The predicted molar refractivity (Wildman–Crippen MR) is 83.5 cm³/mol. The third-order valence-corrected chi connectivity index (χ3v) is 4.73. The lowest BCUT2D eigenvalue weighted by Crippen LogP contribution is -2.43. The van der Waals surface area contributed by atoms with E-state index in [1.54, 1.807) is 4.90 Å². The molecule has 1 saturated heterocycles. The van der Waals surface area contributed by atoms with Gasteiger partial charge in [0, 0.05) is 43.1 Å². The van der Waals surface area contributed by atoms with Gasteiger partial charge in [-0.05, 0) is 11.6 Å². The predicted octanol–water partition coefficient (Wildman–Crippen LogP) is 1.22. The van der Waals surface area contributed by atoms with E-state index in [0.717, 1.165) is 11.3 Å². The van der Waals surface area contributed by atoms with Crippen molar-refractivity contribution in [2.75, 3.05) is 31.1 Å². The zero-order valence-electron chi connectivity index (χ0n) is 13.0. The summed E-state index contributed by atoms with van der Waals surface area (Å²) in [5, 5.41) is 9.08. The maximum Gasteiger partial charge on any atom is 0.248 e. The fraction of sp³-hybridized carbons (Fsp3) is 0.529. The highest BCUT2D eigenvalue weighted by molar-refractivity contribution is 5.96. The van der Waals surface area contributed by atoms with E-state index >= 15 is 0 Å². The highest BCUT2D eigenvalue weighted by atomic mass is 16.3. The number of nitrogens with zero attached hydrogens (tertiary/aromatic N) is 2. The van der Waals surface area contributed by atoms with Gasteiger partial charge in [-0.15, -0.1) is 0 Å². The summed E-state index contributed by atoms with van der Waals surface area (Å²) < 4.78 is 0. The van der Waals surface area contributed by atoms with Gasteiger partial charge in [0.1, 0.15) is 6.61 Å². The minimum absolute atomic E-state index is 0.0545. The summed E-state index contributed by atoms with van der Waals surface area (Å²) in [7, 11) is 0. The van der Waals surface area contributed by atoms with E-state index < -0.39 is 6.61 Å². The fourth-order valence-corrected chi connectivity index (χ4v) is 3.61. The number of anilines is 1. The Morgan fingerprint density at radius 1 is 1.23 bits per heavy atom. The van der Waals surface area contributed by atoms with Gasteiger partial charge in [-0.25, -0.2) is 0 Å². The minimum atomic E-state index is -0.449. The number of fused-ring (bicyclic) bond motifs is 3. The molecule has 5 heteroatoms. The van der Waals surface area contributed by atoms with Gasteiger partial charge in [0.15, 0.2) is 0 Å². The Labute approximate surface area is 130 Å². The summed E-state index contributed by atoms with van der Waals surface area (Å²) >= 11 is 0. The summed E-state index contributed by atoms with van der Waals surface area (Å²) in [6, 6.07) is 7.98. The molecular weight excluding hydrogens is 280 g/mol.